The maximum absolute atomic E-state index is 10.7. The fourth-order valence-electron chi connectivity index (χ4n) is 2.13. The van der Waals surface area contributed by atoms with Crippen molar-refractivity contribution < 1.29 is 4.92 Å². The van der Waals surface area contributed by atoms with E-state index in [0.717, 1.165) is 5.52 Å². The lowest BCUT2D eigenvalue weighted by Gasteiger charge is -2.05. The highest BCUT2D eigenvalue weighted by molar-refractivity contribution is 5.81. The van der Waals surface area contributed by atoms with Gasteiger partial charge in [-0.3, -0.25) is 10.1 Å². The predicted octanol–water partition coefficient (Wildman–Crippen LogP) is 2.13. The number of nitro benzene ring substituents is 1. The zero-order valence-corrected chi connectivity index (χ0v) is 10.6. The lowest BCUT2D eigenvalue weighted by molar-refractivity contribution is -0.384. The summed E-state index contributed by atoms with van der Waals surface area (Å²) in [6.07, 6.45) is 1.66. The molecule has 0 atom stereocenters. The van der Waals surface area contributed by atoms with E-state index in [9.17, 15) is 10.1 Å². The van der Waals surface area contributed by atoms with E-state index >= 15 is 0 Å². The number of hydrogen-bond acceptors (Lipinski definition) is 5. The molecule has 0 saturated carbocycles. The number of nitrogen functional groups attached to an aromatic ring is 1. The van der Waals surface area contributed by atoms with Crippen molar-refractivity contribution in [1.82, 2.24) is 14.5 Å². The SMILES string of the molecule is Cn1c(-c2ccc([N+](=O)[O-])cc2N)nc2ncccc21. The van der Waals surface area contributed by atoms with Gasteiger partial charge in [-0.2, -0.15) is 0 Å². The number of nitrogens with zero attached hydrogens (tertiary/aromatic N) is 4. The van der Waals surface area contributed by atoms with Crippen LogP contribution in [0.5, 0.6) is 0 Å². The monoisotopic (exact) mass is 269 g/mol. The zero-order chi connectivity index (χ0) is 14.3. The first-order chi connectivity index (χ1) is 9.58. The Labute approximate surface area is 113 Å². The molecule has 0 unspecified atom stereocenters. The van der Waals surface area contributed by atoms with E-state index in [1.165, 1.54) is 12.1 Å². The molecule has 0 saturated heterocycles. The minimum absolute atomic E-state index is 0.0388. The summed E-state index contributed by atoms with van der Waals surface area (Å²) in [7, 11) is 1.85. The van der Waals surface area contributed by atoms with Crippen LogP contribution in [-0.2, 0) is 7.05 Å². The Bertz CT molecular complexity index is 825. The Morgan fingerprint density at radius 1 is 1.35 bits per heavy atom. The van der Waals surface area contributed by atoms with Crippen LogP contribution in [0.3, 0.4) is 0 Å². The predicted molar refractivity (Wildman–Crippen MR) is 75.0 cm³/mol. The lowest BCUT2D eigenvalue weighted by Crippen LogP contribution is -1.98. The summed E-state index contributed by atoms with van der Waals surface area (Å²) in [6.45, 7) is 0. The van der Waals surface area contributed by atoms with Crippen LogP contribution in [0.25, 0.3) is 22.6 Å². The molecule has 2 aromatic heterocycles. The average molecular weight is 269 g/mol. The van der Waals surface area contributed by atoms with Gasteiger partial charge < -0.3 is 10.3 Å². The fourth-order valence-corrected chi connectivity index (χ4v) is 2.13. The third-order valence-corrected chi connectivity index (χ3v) is 3.14. The van der Waals surface area contributed by atoms with Crippen LogP contribution in [-0.4, -0.2) is 19.5 Å². The number of pyridine rings is 1. The van der Waals surface area contributed by atoms with Crippen molar-refractivity contribution >= 4 is 22.5 Å². The molecule has 0 fully saturated rings. The summed E-state index contributed by atoms with van der Waals surface area (Å²) < 4.78 is 1.86. The Morgan fingerprint density at radius 3 is 2.80 bits per heavy atom. The summed E-state index contributed by atoms with van der Waals surface area (Å²) >= 11 is 0. The maximum atomic E-state index is 10.7. The minimum Gasteiger partial charge on any atom is -0.398 e. The average Bonchev–Trinajstić information content (AvgIpc) is 2.76. The van der Waals surface area contributed by atoms with Gasteiger partial charge in [0.15, 0.2) is 5.65 Å². The summed E-state index contributed by atoms with van der Waals surface area (Å²) in [5.74, 6) is 0.631. The summed E-state index contributed by atoms with van der Waals surface area (Å²) in [6, 6.07) is 8.09. The van der Waals surface area contributed by atoms with Gasteiger partial charge in [-0.05, 0) is 18.2 Å². The molecule has 20 heavy (non-hydrogen) atoms. The number of nitrogens with two attached hydrogens (primary N) is 1. The molecule has 0 amide bonds. The van der Waals surface area contributed by atoms with Gasteiger partial charge in [-0.15, -0.1) is 0 Å². The van der Waals surface area contributed by atoms with E-state index in [4.69, 9.17) is 5.73 Å². The Hall–Kier alpha value is -2.96. The Kier molecular flexibility index (Phi) is 2.60. The van der Waals surface area contributed by atoms with Gasteiger partial charge in [-0.25, -0.2) is 9.97 Å². The molecule has 7 nitrogen and oxygen atoms in total. The zero-order valence-electron chi connectivity index (χ0n) is 10.6. The van der Waals surface area contributed by atoms with Crippen molar-refractivity contribution in [3.05, 3.63) is 46.6 Å². The first-order valence-electron chi connectivity index (χ1n) is 5.89. The summed E-state index contributed by atoms with van der Waals surface area (Å²) in [5, 5.41) is 10.7. The molecule has 0 radical (unpaired) electrons. The number of rotatable bonds is 2. The van der Waals surface area contributed by atoms with Gasteiger partial charge in [0.05, 0.1) is 10.4 Å². The number of anilines is 1. The quantitative estimate of drug-likeness (QED) is 0.436. The second-order valence-corrected chi connectivity index (χ2v) is 4.37. The third kappa shape index (κ3) is 1.76. The van der Waals surface area contributed by atoms with Crippen LogP contribution in [0.1, 0.15) is 0 Å². The van der Waals surface area contributed by atoms with Gasteiger partial charge in [0, 0.05) is 36.6 Å². The molecular weight excluding hydrogens is 258 g/mol. The molecule has 1 aromatic carbocycles. The second kappa shape index (κ2) is 4.30. The van der Waals surface area contributed by atoms with E-state index in [-0.39, 0.29) is 5.69 Å². The number of aryl methyl sites for hydroxylation is 1. The third-order valence-electron chi connectivity index (χ3n) is 3.14. The van der Waals surface area contributed by atoms with Crippen LogP contribution in [0.4, 0.5) is 11.4 Å². The van der Waals surface area contributed by atoms with Gasteiger partial charge in [-0.1, -0.05) is 0 Å². The van der Waals surface area contributed by atoms with Gasteiger partial charge in [0.2, 0.25) is 0 Å². The number of aromatic nitrogens is 3. The van der Waals surface area contributed by atoms with Crippen molar-refractivity contribution in [3.63, 3.8) is 0 Å². The number of nitro groups is 1. The van der Waals surface area contributed by atoms with Crippen LogP contribution in [0, 0.1) is 10.1 Å². The summed E-state index contributed by atoms with van der Waals surface area (Å²) in [5.41, 5.74) is 8.32. The molecule has 0 spiro atoms. The van der Waals surface area contributed by atoms with Crippen LogP contribution >= 0.6 is 0 Å². The standard InChI is InChI=1S/C13H11N5O2/c1-17-11-3-2-6-15-12(11)16-13(17)9-5-4-8(18(19)20)7-10(9)14/h2-7H,14H2,1H3. The number of imidazole rings is 1. The van der Waals surface area contributed by atoms with Crippen LogP contribution < -0.4 is 5.73 Å². The Morgan fingerprint density at radius 2 is 2.15 bits per heavy atom. The Balaban J connectivity index is 2.20. The molecule has 0 aliphatic rings. The van der Waals surface area contributed by atoms with E-state index in [2.05, 4.69) is 9.97 Å². The van der Waals surface area contributed by atoms with Gasteiger partial charge in [0.1, 0.15) is 5.82 Å². The molecule has 0 bridgehead atoms. The number of benzene rings is 1. The molecule has 100 valence electrons. The normalized spacial score (nSPS) is 10.8. The van der Waals surface area contributed by atoms with Gasteiger partial charge >= 0.3 is 0 Å². The van der Waals surface area contributed by atoms with Crippen molar-refractivity contribution in [3.8, 4) is 11.4 Å². The van der Waals surface area contributed by atoms with Crippen molar-refractivity contribution in [2.75, 3.05) is 5.73 Å². The number of non-ortho nitro benzene ring substituents is 1. The van der Waals surface area contributed by atoms with E-state index < -0.39 is 4.92 Å². The summed E-state index contributed by atoms with van der Waals surface area (Å²) in [4.78, 5) is 18.9. The highest BCUT2D eigenvalue weighted by atomic mass is 16.6. The molecule has 7 heteroatoms. The molecule has 0 aliphatic heterocycles. The smallest absolute Gasteiger partial charge is 0.271 e. The van der Waals surface area contributed by atoms with Crippen LogP contribution in [0.2, 0.25) is 0 Å². The number of hydrogen-bond donors (Lipinski definition) is 1. The molecule has 2 N–H and O–H groups in total. The first-order valence-corrected chi connectivity index (χ1v) is 5.89. The number of fused-ring (bicyclic) bond motifs is 1. The lowest BCUT2D eigenvalue weighted by atomic mass is 10.1. The molecule has 3 aromatic rings. The molecular formula is C13H11N5O2. The van der Waals surface area contributed by atoms with E-state index in [1.807, 2.05) is 23.7 Å². The molecule has 3 rings (SSSR count). The molecule has 0 aliphatic carbocycles. The minimum atomic E-state index is -0.476. The highest BCUT2D eigenvalue weighted by Gasteiger charge is 2.15. The largest absolute Gasteiger partial charge is 0.398 e. The maximum Gasteiger partial charge on any atom is 0.271 e. The second-order valence-electron chi connectivity index (χ2n) is 4.37. The topological polar surface area (TPSA) is 99.9 Å². The van der Waals surface area contributed by atoms with Gasteiger partial charge in [0.25, 0.3) is 5.69 Å². The van der Waals surface area contributed by atoms with Crippen molar-refractivity contribution in [1.29, 1.82) is 0 Å². The van der Waals surface area contributed by atoms with E-state index in [0.29, 0.717) is 22.7 Å². The highest BCUT2D eigenvalue weighted by Crippen LogP contribution is 2.30. The van der Waals surface area contributed by atoms with E-state index in [1.54, 1.807) is 12.3 Å². The fraction of sp³-hybridized carbons (Fsp3) is 0.0769. The van der Waals surface area contributed by atoms with Crippen LogP contribution in [0.15, 0.2) is 36.5 Å². The molecule has 2 heterocycles. The first kappa shape index (κ1) is 12.1. The van der Waals surface area contributed by atoms with Crippen molar-refractivity contribution in [2.45, 2.75) is 0 Å². The van der Waals surface area contributed by atoms with Crippen molar-refractivity contribution in [2.24, 2.45) is 7.05 Å².